The largest absolute Gasteiger partial charge is 0.512 e. The number of allylic oxidation sites excluding steroid dienone is 1. The van der Waals surface area contributed by atoms with Crippen LogP contribution in [-0.2, 0) is 11.3 Å². The van der Waals surface area contributed by atoms with Gasteiger partial charge < -0.3 is 20.2 Å². The molecule has 0 aliphatic heterocycles. The quantitative estimate of drug-likeness (QED) is 0.397. The van der Waals surface area contributed by atoms with E-state index in [9.17, 15) is 14.7 Å². The van der Waals surface area contributed by atoms with Crippen LogP contribution in [0.25, 0.3) is 0 Å². The van der Waals surface area contributed by atoms with Crippen molar-refractivity contribution in [3.63, 3.8) is 0 Å². The van der Waals surface area contributed by atoms with Gasteiger partial charge in [0.15, 0.2) is 5.13 Å². The Balaban J connectivity index is 1.97. The average molecular weight is 388 g/mol. The van der Waals surface area contributed by atoms with Gasteiger partial charge in [-0.1, -0.05) is 18.2 Å². The van der Waals surface area contributed by atoms with Crippen molar-refractivity contribution in [3.8, 4) is 5.75 Å². The lowest BCUT2D eigenvalue weighted by Crippen LogP contribution is -2.30. The summed E-state index contributed by atoms with van der Waals surface area (Å²) in [6.45, 7) is 2.96. The Labute approximate surface area is 160 Å². The fourth-order valence-corrected chi connectivity index (χ4v) is 2.92. The van der Waals surface area contributed by atoms with E-state index in [1.54, 1.807) is 36.7 Å². The SMILES string of the molecule is CC(=N)/C(C(=O)N(C)Cc1csc(NC(=O)Oc2ccccc2)n1)=C(/C)O. The molecule has 1 aromatic carbocycles. The van der Waals surface area contributed by atoms with E-state index in [1.165, 1.54) is 30.1 Å². The molecule has 0 radical (unpaired) electrons. The average Bonchev–Trinajstić information content (AvgIpc) is 3.01. The number of amides is 2. The molecular formula is C18H20N4O4S. The third kappa shape index (κ3) is 5.65. The van der Waals surface area contributed by atoms with Gasteiger partial charge in [0.2, 0.25) is 0 Å². The van der Waals surface area contributed by atoms with Gasteiger partial charge >= 0.3 is 6.09 Å². The van der Waals surface area contributed by atoms with Crippen LogP contribution in [0.3, 0.4) is 0 Å². The molecule has 0 saturated carbocycles. The van der Waals surface area contributed by atoms with E-state index in [1.807, 2.05) is 6.07 Å². The minimum atomic E-state index is -0.660. The van der Waals surface area contributed by atoms with Gasteiger partial charge in [0.1, 0.15) is 11.5 Å². The van der Waals surface area contributed by atoms with Gasteiger partial charge in [0.25, 0.3) is 5.91 Å². The molecule has 0 unspecified atom stereocenters. The number of ether oxygens (including phenoxy) is 1. The summed E-state index contributed by atoms with van der Waals surface area (Å²) in [5.74, 6) is -0.269. The van der Waals surface area contributed by atoms with E-state index in [4.69, 9.17) is 10.1 Å². The van der Waals surface area contributed by atoms with Gasteiger partial charge in [-0.2, -0.15) is 0 Å². The summed E-state index contributed by atoms with van der Waals surface area (Å²) < 4.78 is 5.13. The highest BCUT2D eigenvalue weighted by molar-refractivity contribution is 7.13. The van der Waals surface area contributed by atoms with E-state index in [2.05, 4.69) is 10.3 Å². The first-order valence-corrected chi connectivity index (χ1v) is 8.85. The number of thiazole rings is 1. The third-order valence-electron chi connectivity index (χ3n) is 3.41. The van der Waals surface area contributed by atoms with Gasteiger partial charge in [-0.15, -0.1) is 11.3 Å². The Morgan fingerprint density at radius 1 is 1.30 bits per heavy atom. The van der Waals surface area contributed by atoms with E-state index < -0.39 is 12.0 Å². The predicted molar refractivity (Wildman–Crippen MR) is 103 cm³/mol. The van der Waals surface area contributed by atoms with Crippen LogP contribution in [0.1, 0.15) is 19.5 Å². The molecular weight excluding hydrogens is 368 g/mol. The third-order valence-corrected chi connectivity index (χ3v) is 4.22. The van der Waals surface area contributed by atoms with Crippen molar-refractivity contribution in [1.29, 1.82) is 5.41 Å². The van der Waals surface area contributed by atoms with Crippen LogP contribution < -0.4 is 10.1 Å². The zero-order valence-corrected chi connectivity index (χ0v) is 16.0. The van der Waals surface area contributed by atoms with Crippen LogP contribution in [0.5, 0.6) is 5.75 Å². The zero-order chi connectivity index (χ0) is 20.0. The first kappa shape index (κ1) is 20.1. The minimum absolute atomic E-state index is 0.0175. The molecule has 0 atom stereocenters. The summed E-state index contributed by atoms with van der Waals surface area (Å²) in [7, 11) is 1.55. The number of carbonyl (C=O) groups is 2. The predicted octanol–water partition coefficient (Wildman–Crippen LogP) is 3.58. The fourth-order valence-electron chi connectivity index (χ4n) is 2.24. The first-order chi connectivity index (χ1) is 12.8. The second-order valence-electron chi connectivity index (χ2n) is 5.72. The first-order valence-electron chi connectivity index (χ1n) is 7.97. The highest BCUT2D eigenvalue weighted by Crippen LogP contribution is 2.18. The maximum absolute atomic E-state index is 12.4. The number of anilines is 1. The van der Waals surface area contributed by atoms with Crippen molar-refractivity contribution in [2.24, 2.45) is 0 Å². The Morgan fingerprint density at radius 2 is 1.96 bits per heavy atom. The highest BCUT2D eigenvalue weighted by atomic mass is 32.1. The van der Waals surface area contributed by atoms with Gasteiger partial charge in [-0.3, -0.25) is 10.1 Å². The van der Waals surface area contributed by atoms with E-state index in [0.717, 1.165) is 0 Å². The van der Waals surface area contributed by atoms with E-state index in [0.29, 0.717) is 16.6 Å². The van der Waals surface area contributed by atoms with Gasteiger partial charge in [-0.05, 0) is 26.0 Å². The topological polar surface area (TPSA) is 116 Å². The number of likely N-dealkylation sites (N-methyl/N-ethyl adjacent to an activating group) is 1. The lowest BCUT2D eigenvalue weighted by Gasteiger charge is -2.18. The van der Waals surface area contributed by atoms with Crippen LogP contribution in [0.4, 0.5) is 9.93 Å². The van der Waals surface area contributed by atoms with Crippen LogP contribution >= 0.6 is 11.3 Å². The molecule has 1 aromatic heterocycles. The molecule has 27 heavy (non-hydrogen) atoms. The summed E-state index contributed by atoms with van der Waals surface area (Å²) in [4.78, 5) is 29.8. The van der Waals surface area contributed by atoms with Crippen molar-refractivity contribution < 1.29 is 19.4 Å². The molecule has 1 heterocycles. The Morgan fingerprint density at radius 3 is 2.56 bits per heavy atom. The molecule has 0 aliphatic rings. The second-order valence-corrected chi connectivity index (χ2v) is 6.58. The smallest absolute Gasteiger partial charge is 0.418 e. The molecule has 0 aliphatic carbocycles. The molecule has 9 heteroatoms. The number of hydrogen-bond donors (Lipinski definition) is 3. The maximum atomic E-state index is 12.4. The fraction of sp³-hybridized carbons (Fsp3) is 0.222. The number of rotatable bonds is 6. The van der Waals surface area contributed by atoms with Crippen LogP contribution in [0, 0.1) is 5.41 Å². The minimum Gasteiger partial charge on any atom is -0.512 e. The molecule has 142 valence electrons. The molecule has 3 N–H and O–H groups in total. The van der Waals surface area contributed by atoms with Crippen LogP contribution in [-0.4, -0.2) is 39.8 Å². The van der Waals surface area contributed by atoms with Gasteiger partial charge in [-0.25, -0.2) is 9.78 Å². The van der Waals surface area contributed by atoms with Crippen LogP contribution in [0.15, 0.2) is 47.0 Å². The Hall–Kier alpha value is -3.20. The van der Waals surface area contributed by atoms with Crippen LogP contribution in [0.2, 0.25) is 0 Å². The Bertz CT molecular complexity index is 872. The number of aliphatic hydroxyl groups is 1. The number of nitrogens with zero attached hydrogens (tertiary/aromatic N) is 2. The maximum Gasteiger partial charge on any atom is 0.418 e. The molecule has 0 spiro atoms. The summed E-state index contributed by atoms with van der Waals surface area (Å²) in [6, 6.07) is 8.64. The molecule has 0 saturated heterocycles. The normalized spacial score (nSPS) is 11.4. The summed E-state index contributed by atoms with van der Waals surface area (Å²) in [5, 5.41) is 21.8. The van der Waals surface area contributed by atoms with E-state index in [-0.39, 0.29) is 23.6 Å². The summed E-state index contributed by atoms with van der Waals surface area (Å²) in [6.07, 6.45) is -0.660. The number of aromatic nitrogens is 1. The Kier molecular flexibility index (Phi) is 6.67. The lowest BCUT2D eigenvalue weighted by molar-refractivity contribution is -0.126. The van der Waals surface area contributed by atoms with Crippen molar-refractivity contribution in [2.75, 3.05) is 12.4 Å². The van der Waals surface area contributed by atoms with Crippen molar-refractivity contribution in [3.05, 3.63) is 52.7 Å². The number of para-hydroxylation sites is 1. The number of carbonyl (C=O) groups excluding carboxylic acids is 2. The van der Waals surface area contributed by atoms with Gasteiger partial charge in [0.05, 0.1) is 17.8 Å². The number of hydrogen-bond acceptors (Lipinski definition) is 7. The monoisotopic (exact) mass is 388 g/mol. The highest BCUT2D eigenvalue weighted by Gasteiger charge is 2.20. The van der Waals surface area contributed by atoms with E-state index >= 15 is 0 Å². The molecule has 0 fully saturated rings. The molecule has 0 bridgehead atoms. The van der Waals surface area contributed by atoms with Crippen molar-refractivity contribution in [2.45, 2.75) is 20.4 Å². The summed E-state index contributed by atoms with van der Waals surface area (Å²) >= 11 is 1.20. The standard InChI is InChI=1S/C18H20N4O4S/c1-11(19)15(12(2)23)16(24)22(3)9-13-10-27-17(20-13)21-18(25)26-14-7-5-4-6-8-14/h4-8,10,19,23H,9H2,1-3H3,(H,20,21,25)/b15-12+,19-11?. The van der Waals surface area contributed by atoms with Crippen molar-refractivity contribution in [1.82, 2.24) is 9.88 Å². The van der Waals surface area contributed by atoms with Crippen molar-refractivity contribution >= 4 is 34.2 Å². The molecule has 2 aromatic rings. The molecule has 2 rings (SSSR count). The van der Waals surface area contributed by atoms with Gasteiger partial charge in [0, 0.05) is 18.1 Å². The lowest BCUT2D eigenvalue weighted by atomic mass is 10.1. The molecule has 2 amide bonds. The number of aliphatic hydroxyl groups excluding tert-OH is 1. The number of nitrogens with one attached hydrogen (secondary N) is 2. The number of benzene rings is 1. The zero-order valence-electron chi connectivity index (χ0n) is 15.1. The molecule has 8 nitrogen and oxygen atoms in total. The summed E-state index contributed by atoms with van der Waals surface area (Å²) in [5.41, 5.74) is 0.497. The second kappa shape index (κ2) is 8.95.